The quantitative estimate of drug-likeness (QED) is 0.453. The second-order valence-electron chi connectivity index (χ2n) is 7.94. The number of hydrogen-bond acceptors (Lipinski definition) is 6. The molecule has 3 aromatic rings. The van der Waals surface area contributed by atoms with Crippen LogP contribution in [0, 0.1) is 20.8 Å². The highest BCUT2D eigenvalue weighted by molar-refractivity contribution is 6.43. The molecule has 1 N–H and O–H groups in total. The van der Waals surface area contributed by atoms with Gasteiger partial charge in [0.05, 0.1) is 41.9 Å². The Morgan fingerprint density at radius 2 is 1.78 bits per heavy atom. The molecule has 3 heterocycles. The maximum Gasteiger partial charge on any atom is 0.292 e. The number of amides is 1. The van der Waals surface area contributed by atoms with Crippen LogP contribution < -0.4 is 5.32 Å². The van der Waals surface area contributed by atoms with Crippen molar-refractivity contribution in [2.75, 3.05) is 32.8 Å². The van der Waals surface area contributed by atoms with E-state index in [0.717, 1.165) is 30.3 Å². The first-order chi connectivity index (χ1) is 15.5. The van der Waals surface area contributed by atoms with E-state index in [2.05, 4.69) is 15.3 Å². The molecule has 0 bridgehead atoms. The SMILES string of the molecule is Cc1ccc(C(CNC(=O)C(=O)c2c(C)nn(-c3ccccc3)c2C)N2CCOCC2)o1. The number of rotatable bonds is 7. The van der Waals surface area contributed by atoms with Crippen LogP contribution in [0.15, 0.2) is 46.9 Å². The largest absolute Gasteiger partial charge is 0.465 e. The van der Waals surface area contributed by atoms with Gasteiger partial charge < -0.3 is 14.5 Å². The number of ether oxygens (including phenoxy) is 1. The zero-order valence-corrected chi connectivity index (χ0v) is 18.6. The molecule has 1 atom stereocenters. The number of para-hydroxylation sites is 1. The second-order valence-corrected chi connectivity index (χ2v) is 7.94. The van der Waals surface area contributed by atoms with Crippen LogP contribution in [-0.4, -0.2) is 59.2 Å². The standard InChI is InChI=1S/C24H28N4O4/c1-16-9-10-21(32-16)20(27-11-13-31-14-12-27)15-25-24(30)23(29)22-17(2)26-28(18(22)3)19-7-5-4-6-8-19/h4-10,20H,11-15H2,1-3H3,(H,25,30). The van der Waals surface area contributed by atoms with Gasteiger partial charge in [0.1, 0.15) is 11.5 Å². The summed E-state index contributed by atoms with van der Waals surface area (Å²) in [6.07, 6.45) is 0. The molecule has 8 heteroatoms. The molecule has 32 heavy (non-hydrogen) atoms. The van der Waals surface area contributed by atoms with E-state index in [9.17, 15) is 9.59 Å². The van der Waals surface area contributed by atoms with E-state index in [1.807, 2.05) is 49.4 Å². The number of furan rings is 1. The Hall–Kier alpha value is -3.23. The second kappa shape index (κ2) is 9.50. The van der Waals surface area contributed by atoms with Gasteiger partial charge in [0.25, 0.3) is 11.7 Å². The number of carbonyl (C=O) groups is 2. The summed E-state index contributed by atoms with van der Waals surface area (Å²) in [6, 6.07) is 13.2. The number of carbonyl (C=O) groups excluding carboxylic acids is 2. The summed E-state index contributed by atoms with van der Waals surface area (Å²) in [5.74, 6) is 0.338. The van der Waals surface area contributed by atoms with Gasteiger partial charge in [0.2, 0.25) is 0 Å². The van der Waals surface area contributed by atoms with Gasteiger partial charge in [0, 0.05) is 19.6 Å². The van der Waals surface area contributed by atoms with E-state index in [1.165, 1.54) is 0 Å². The smallest absolute Gasteiger partial charge is 0.292 e. The lowest BCUT2D eigenvalue weighted by molar-refractivity contribution is -0.117. The number of nitrogens with zero attached hydrogens (tertiary/aromatic N) is 3. The van der Waals surface area contributed by atoms with Crippen LogP contribution in [-0.2, 0) is 9.53 Å². The number of Topliss-reactive ketones (excluding diaryl/α,β-unsaturated/α-hetero) is 1. The van der Waals surface area contributed by atoms with Crippen molar-refractivity contribution >= 4 is 11.7 Å². The molecular weight excluding hydrogens is 408 g/mol. The maximum atomic E-state index is 13.0. The molecule has 1 unspecified atom stereocenters. The fourth-order valence-corrected chi connectivity index (χ4v) is 4.11. The Morgan fingerprint density at radius 1 is 1.06 bits per heavy atom. The van der Waals surface area contributed by atoms with Crippen LogP contribution in [0.25, 0.3) is 5.69 Å². The van der Waals surface area contributed by atoms with Crippen molar-refractivity contribution in [3.8, 4) is 5.69 Å². The van der Waals surface area contributed by atoms with Gasteiger partial charge in [-0.25, -0.2) is 4.68 Å². The molecular formula is C24H28N4O4. The number of ketones is 1. The van der Waals surface area contributed by atoms with E-state index in [-0.39, 0.29) is 12.6 Å². The van der Waals surface area contributed by atoms with Crippen molar-refractivity contribution in [1.82, 2.24) is 20.0 Å². The Bertz CT molecular complexity index is 1100. The lowest BCUT2D eigenvalue weighted by Crippen LogP contribution is -2.44. The van der Waals surface area contributed by atoms with Crippen LogP contribution >= 0.6 is 0 Å². The normalized spacial score (nSPS) is 15.5. The molecule has 1 aliphatic heterocycles. The molecule has 1 aliphatic rings. The number of benzene rings is 1. The van der Waals surface area contributed by atoms with Crippen molar-refractivity contribution in [2.24, 2.45) is 0 Å². The van der Waals surface area contributed by atoms with Gasteiger partial charge in [0.15, 0.2) is 0 Å². The van der Waals surface area contributed by atoms with Crippen LogP contribution in [0.5, 0.6) is 0 Å². The molecule has 0 saturated carbocycles. The Labute approximate surface area is 187 Å². The lowest BCUT2D eigenvalue weighted by Gasteiger charge is -2.33. The van der Waals surface area contributed by atoms with Crippen LogP contribution in [0.2, 0.25) is 0 Å². The Kier molecular flexibility index (Phi) is 6.53. The summed E-state index contributed by atoms with van der Waals surface area (Å²) in [7, 11) is 0. The summed E-state index contributed by atoms with van der Waals surface area (Å²) in [5, 5.41) is 7.30. The first-order valence-electron chi connectivity index (χ1n) is 10.8. The minimum absolute atomic E-state index is 0.168. The van der Waals surface area contributed by atoms with Gasteiger partial charge in [-0.3, -0.25) is 14.5 Å². The third-order valence-electron chi connectivity index (χ3n) is 5.76. The summed E-state index contributed by atoms with van der Waals surface area (Å²) >= 11 is 0. The number of hydrogen-bond donors (Lipinski definition) is 1. The number of nitrogens with one attached hydrogen (secondary N) is 1. The van der Waals surface area contributed by atoms with Gasteiger partial charge >= 0.3 is 0 Å². The maximum absolute atomic E-state index is 13.0. The monoisotopic (exact) mass is 436 g/mol. The van der Waals surface area contributed by atoms with Crippen molar-refractivity contribution in [2.45, 2.75) is 26.8 Å². The predicted molar refractivity (Wildman–Crippen MR) is 119 cm³/mol. The van der Waals surface area contributed by atoms with Gasteiger partial charge in [-0.15, -0.1) is 0 Å². The molecule has 8 nitrogen and oxygen atoms in total. The minimum atomic E-state index is -0.648. The highest BCUT2D eigenvalue weighted by Gasteiger charge is 2.29. The van der Waals surface area contributed by atoms with Crippen molar-refractivity contribution in [3.05, 3.63) is 70.9 Å². The van der Waals surface area contributed by atoms with Crippen LogP contribution in [0.3, 0.4) is 0 Å². The van der Waals surface area contributed by atoms with Crippen molar-refractivity contribution < 1.29 is 18.7 Å². The van der Waals surface area contributed by atoms with Gasteiger partial charge in [-0.05, 0) is 45.0 Å². The Morgan fingerprint density at radius 3 is 2.44 bits per heavy atom. The molecule has 0 aliphatic carbocycles. The van der Waals surface area contributed by atoms with E-state index in [1.54, 1.807) is 18.5 Å². The number of morpholine rings is 1. The lowest BCUT2D eigenvalue weighted by atomic mass is 10.1. The predicted octanol–water partition coefficient (Wildman–Crippen LogP) is 2.76. The summed E-state index contributed by atoms with van der Waals surface area (Å²) in [5.41, 5.74) is 2.34. The van der Waals surface area contributed by atoms with E-state index >= 15 is 0 Å². The highest BCUT2D eigenvalue weighted by atomic mass is 16.5. The molecule has 1 amide bonds. The molecule has 0 radical (unpaired) electrons. The van der Waals surface area contributed by atoms with Gasteiger partial charge in [-0.2, -0.15) is 5.10 Å². The summed E-state index contributed by atoms with van der Waals surface area (Å²) < 4.78 is 13.0. The van der Waals surface area contributed by atoms with Crippen LogP contribution in [0.4, 0.5) is 0 Å². The zero-order valence-electron chi connectivity index (χ0n) is 18.6. The fourth-order valence-electron chi connectivity index (χ4n) is 4.11. The number of aryl methyl sites for hydroxylation is 2. The van der Waals surface area contributed by atoms with Crippen LogP contribution in [0.1, 0.15) is 39.3 Å². The fraction of sp³-hybridized carbons (Fsp3) is 0.375. The average Bonchev–Trinajstić information content (AvgIpc) is 3.37. The Balaban J connectivity index is 1.50. The van der Waals surface area contributed by atoms with E-state index < -0.39 is 11.7 Å². The molecule has 1 aromatic carbocycles. The minimum Gasteiger partial charge on any atom is -0.465 e. The molecule has 168 valence electrons. The highest BCUT2D eigenvalue weighted by Crippen LogP contribution is 2.24. The van der Waals surface area contributed by atoms with E-state index in [4.69, 9.17) is 9.15 Å². The molecule has 2 aromatic heterocycles. The summed E-state index contributed by atoms with van der Waals surface area (Å²) in [6.45, 7) is 8.41. The number of aromatic nitrogens is 2. The third-order valence-corrected chi connectivity index (χ3v) is 5.76. The van der Waals surface area contributed by atoms with Crippen molar-refractivity contribution in [1.29, 1.82) is 0 Å². The van der Waals surface area contributed by atoms with Crippen molar-refractivity contribution in [3.63, 3.8) is 0 Å². The molecule has 1 fully saturated rings. The third kappa shape index (κ3) is 4.51. The average molecular weight is 437 g/mol. The molecule has 1 saturated heterocycles. The topological polar surface area (TPSA) is 89.6 Å². The first kappa shape index (κ1) is 22.0. The summed E-state index contributed by atoms with van der Waals surface area (Å²) in [4.78, 5) is 28.1. The van der Waals surface area contributed by atoms with Gasteiger partial charge in [-0.1, -0.05) is 18.2 Å². The first-order valence-corrected chi connectivity index (χ1v) is 10.8. The zero-order chi connectivity index (χ0) is 22.7. The van der Waals surface area contributed by atoms with E-state index in [0.29, 0.717) is 30.2 Å². The molecule has 4 rings (SSSR count). The molecule has 0 spiro atoms.